The molecule has 0 saturated carbocycles. The Morgan fingerprint density at radius 3 is 2.08 bits per heavy atom. The number of carbonyl (C=O) groups is 1. The van der Waals surface area contributed by atoms with Gasteiger partial charge in [-0.15, -0.1) is 0 Å². The molecule has 0 saturated heterocycles. The number of rotatable bonds is 18. The predicted molar refractivity (Wildman–Crippen MR) is 112 cm³/mol. The lowest BCUT2D eigenvalue weighted by atomic mass is 10.0. The second kappa shape index (κ2) is 17.0. The topological polar surface area (TPSA) is 54.0 Å². The van der Waals surface area contributed by atoms with Crippen molar-refractivity contribution < 1.29 is 22.8 Å². The summed E-state index contributed by atoms with van der Waals surface area (Å²) in [6.45, 7) is 12.6. The van der Waals surface area contributed by atoms with Gasteiger partial charge in [-0.2, -0.15) is 11.8 Å². The third-order valence-electron chi connectivity index (χ3n) is 4.11. The summed E-state index contributed by atoms with van der Waals surface area (Å²) in [6.07, 6.45) is 5.52. The molecule has 0 aliphatic carbocycles. The third-order valence-corrected chi connectivity index (χ3v) is 8.28. The van der Waals surface area contributed by atoms with Crippen molar-refractivity contribution in [3.05, 3.63) is 0 Å². The van der Waals surface area contributed by atoms with Gasteiger partial charge in [0.2, 0.25) is 0 Å². The Balaban J connectivity index is 4.02. The standard InChI is InChI=1S/C19H40O5SSi/c1-6-11-13-18(7-2)16-21-19(20)17-25-14-12-15-26(22-8-3,23-9-4)24-10-5/h18H,6-17H2,1-5H3. The van der Waals surface area contributed by atoms with Crippen LogP contribution in [0, 0.1) is 5.92 Å². The lowest BCUT2D eigenvalue weighted by Crippen LogP contribution is -2.46. The zero-order chi connectivity index (χ0) is 19.7. The van der Waals surface area contributed by atoms with E-state index in [1.165, 1.54) is 12.8 Å². The lowest BCUT2D eigenvalue weighted by Gasteiger charge is -2.28. The van der Waals surface area contributed by atoms with E-state index in [1.54, 1.807) is 11.8 Å². The maximum Gasteiger partial charge on any atom is 0.500 e. The molecule has 0 aromatic rings. The smallest absolute Gasteiger partial charge is 0.465 e. The summed E-state index contributed by atoms with van der Waals surface area (Å²) in [4.78, 5) is 11.9. The van der Waals surface area contributed by atoms with Gasteiger partial charge in [-0.3, -0.25) is 4.79 Å². The molecule has 0 heterocycles. The molecule has 0 amide bonds. The fourth-order valence-corrected chi connectivity index (χ4v) is 6.31. The predicted octanol–water partition coefficient (Wildman–Crippen LogP) is 4.92. The van der Waals surface area contributed by atoms with Crippen molar-refractivity contribution in [1.82, 2.24) is 0 Å². The number of carbonyl (C=O) groups excluding carboxylic acids is 1. The van der Waals surface area contributed by atoms with Gasteiger partial charge >= 0.3 is 14.8 Å². The minimum atomic E-state index is -2.55. The first kappa shape index (κ1) is 25.9. The molecule has 0 aliphatic heterocycles. The summed E-state index contributed by atoms with van der Waals surface area (Å²) in [6, 6.07) is 0.791. The molecule has 7 heteroatoms. The van der Waals surface area contributed by atoms with Gasteiger partial charge in [0.1, 0.15) is 0 Å². The summed E-state index contributed by atoms with van der Waals surface area (Å²) < 4.78 is 23.0. The average Bonchev–Trinajstić information content (AvgIpc) is 2.62. The molecule has 26 heavy (non-hydrogen) atoms. The molecule has 0 fully saturated rings. The molecule has 156 valence electrons. The summed E-state index contributed by atoms with van der Waals surface area (Å²) in [5.74, 6) is 1.69. The Hall–Kier alpha value is -0.0831. The third kappa shape index (κ3) is 12.3. The van der Waals surface area contributed by atoms with Gasteiger partial charge in [0.15, 0.2) is 0 Å². The lowest BCUT2D eigenvalue weighted by molar-refractivity contribution is -0.141. The summed E-state index contributed by atoms with van der Waals surface area (Å²) in [7, 11) is -2.55. The number of hydrogen-bond donors (Lipinski definition) is 0. The van der Waals surface area contributed by atoms with Crippen LogP contribution in [0.25, 0.3) is 0 Å². The number of unbranched alkanes of at least 4 members (excludes halogenated alkanes) is 1. The highest BCUT2D eigenvalue weighted by Crippen LogP contribution is 2.20. The summed E-state index contributed by atoms with van der Waals surface area (Å²) in [5.41, 5.74) is 0. The zero-order valence-electron chi connectivity index (χ0n) is 17.5. The maximum absolute atomic E-state index is 11.9. The van der Waals surface area contributed by atoms with Crippen LogP contribution in [0.5, 0.6) is 0 Å². The molecule has 1 atom stereocenters. The molecular weight excluding hydrogens is 368 g/mol. The van der Waals surface area contributed by atoms with Crippen LogP contribution >= 0.6 is 11.8 Å². The molecule has 0 radical (unpaired) electrons. The first-order valence-corrected chi connectivity index (χ1v) is 13.3. The van der Waals surface area contributed by atoms with Gasteiger partial charge in [0.05, 0.1) is 12.4 Å². The Bertz CT molecular complexity index is 327. The molecule has 0 rings (SSSR count). The first-order chi connectivity index (χ1) is 12.6. The molecule has 5 nitrogen and oxygen atoms in total. The summed E-state index contributed by atoms with van der Waals surface area (Å²) >= 11 is 1.61. The van der Waals surface area contributed by atoms with E-state index < -0.39 is 8.80 Å². The molecule has 1 unspecified atom stereocenters. The Labute approximate surface area is 166 Å². The van der Waals surface area contributed by atoms with Crippen molar-refractivity contribution in [2.45, 2.75) is 72.8 Å². The first-order valence-electron chi connectivity index (χ1n) is 10.2. The van der Waals surface area contributed by atoms with Crippen LogP contribution in [0.4, 0.5) is 0 Å². The molecule has 0 bridgehead atoms. The molecule has 0 aromatic heterocycles. The fraction of sp³-hybridized carbons (Fsp3) is 0.947. The second-order valence-corrected chi connectivity index (χ2v) is 10.1. The summed E-state index contributed by atoms with van der Waals surface area (Å²) in [5, 5.41) is 0. The van der Waals surface area contributed by atoms with Crippen LogP contribution in [0.1, 0.15) is 66.7 Å². The van der Waals surface area contributed by atoms with Crippen molar-refractivity contribution in [3.8, 4) is 0 Å². The Kier molecular flexibility index (Phi) is 17.0. The maximum atomic E-state index is 11.9. The Morgan fingerprint density at radius 1 is 0.962 bits per heavy atom. The highest BCUT2D eigenvalue weighted by Gasteiger charge is 2.39. The average molecular weight is 409 g/mol. The van der Waals surface area contributed by atoms with Crippen LogP contribution in [-0.2, 0) is 22.8 Å². The largest absolute Gasteiger partial charge is 0.500 e. The highest BCUT2D eigenvalue weighted by atomic mass is 32.2. The van der Waals surface area contributed by atoms with Gasteiger partial charge in [-0.05, 0) is 45.3 Å². The van der Waals surface area contributed by atoms with Crippen LogP contribution in [0.2, 0.25) is 6.04 Å². The highest BCUT2D eigenvalue weighted by molar-refractivity contribution is 7.99. The normalized spacial score (nSPS) is 13.0. The number of hydrogen-bond acceptors (Lipinski definition) is 6. The van der Waals surface area contributed by atoms with E-state index in [-0.39, 0.29) is 5.97 Å². The van der Waals surface area contributed by atoms with Gasteiger partial charge in [-0.1, -0.05) is 33.1 Å². The van der Waals surface area contributed by atoms with Crippen LogP contribution in [0.15, 0.2) is 0 Å². The van der Waals surface area contributed by atoms with Gasteiger partial charge < -0.3 is 18.0 Å². The molecule has 0 aromatic carbocycles. The van der Waals surface area contributed by atoms with Gasteiger partial charge in [0.25, 0.3) is 0 Å². The Morgan fingerprint density at radius 2 is 1.58 bits per heavy atom. The molecule has 0 N–H and O–H groups in total. The number of thioether (sulfide) groups is 1. The van der Waals surface area contributed by atoms with E-state index in [4.69, 9.17) is 18.0 Å². The van der Waals surface area contributed by atoms with E-state index in [0.717, 1.165) is 31.1 Å². The number of esters is 1. The van der Waals surface area contributed by atoms with Crippen LogP contribution in [0.3, 0.4) is 0 Å². The van der Waals surface area contributed by atoms with E-state index in [0.29, 0.717) is 38.1 Å². The molecular formula is C19H40O5SSi. The quantitative estimate of drug-likeness (QED) is 0.182. The molecule has 0 aliphatic rings. The van der Waals surface area contributed by atoms with Crippen molar-refractivity contribution in [3.63, 3.8) is 0 Å². The van der Waals surface area contributed by atoms with Crippen molar-refractivity contribution in [2.24, 2.45) is 5.92 Å². The van der Waals surface area contributed by atoms with Crippen molar-refractivity contribution in [1.29, 1.82) is 0 Å². The van der Waals surface area contributed by atoms with Gasteiger partial charge in [0, 0.05) is 25.9 Å². The molecule has 0 spiro atoms. The van der Waals surface area contributed by atoms with Crippen molar-refractivity contribution >= 4 is 26.5 Å². The van der Waals surface area contributed by atoms with E-state index >= 15 is 0 Å². The SMILES string of the molecule is CCCCC(CC)COC(=O)CSCCC[Si](OCC)(OCC)OCC. The van der Waals surface area contributed by atoms with E-state index in [2.05, 4.69) is 13.8 Å². The zero-order valence-corrected chi connectivity index (χ0v) is 19.3. The number of ether oxygens (including phenoxy) is 1. The van der Waals surface area contributed by atoms with Gasteiger partial charge in [-0.25, -0.2) is 0 Å². The minimum Gasteiger partial charge on any atom is -0.465 e. The monoisotopic (exact) mass is 408 g/mol. The second-order valence-electron chi connectivity index (χ2n) is 6.24. The minimum absolute atomic E-state index is 0.104. The fourth-order valence-electron chi connectivity index (χ4n) is 2.70. The van der Waals surface area contributed by atoms with Crippen LogP contribution in [-0.4, -0.2) is 52.7 Å². The van der Waals surface area contributed by atoms with E-state index in [1.807, 2.05) is 20.8 Å². The van der Waals surface area contributed by atoms with E-state index in [9.17, 15) is 4.79 Å². The van der Waals surface area contributed by atoms with Crippen LogP contribution < -0.4 is 0 Å². The van der Waals surface area contributed by atoms with Crippen molar-refractivity contribution in [2.75, 3.05) is 37.9 Å².